The maximum absolute atomic E-state index is 14.2. The van der Waals surface area contributed by atoms with Gasteiger partial charge in [-0.05, 0) is 54.4 Å². The van der Waals surface area contributed by atoms with E-state index in [1.54, 1.807) is 24.3 Å². The molecule has 9 nitrogen and oxygen atoms in total. The van der Waals surface area contributed by atoms with E-state index in [1.807, 2.05) is 85.8 Å². The van der Waals surface area contributed by atoms with Crippen molar-refractivity contribution in [1.29, 1.82) is 0 Å². The highest BCUT2D eigenvalue weighted by Crippen LogP contribution is 2.30. The van der Waals surface area contributed by atoms with Crippen molar-refractivity contribution in [3.05, 3.63) is 120 Å². The standard InChI is InChI=1S/C32H30N6O3/c1-22-12-14-25(15-13-22)31(32(41)33-20-24-8-4-3-5-9-24)38(27-18-16-26(17-19-27)34-23(2)39)30(40)21-37-29-11-7-6-10-28(29)35-36-37/h3-19,31H,20-21H2,1-2H3,(H,33,41)(H,34,39)/t31-/m1/s1. The van der Waals surface area contributed by atoms with Crippen LogP contribution in [-0.4, -0.2) is 32.7 Å². The van der Waals surface area contributed by atoms with Crippen LogP contribution in [0.3, 0.4) is 0 Å². The molecular formula is C32H30N6O3. The third kappa shape index (κ3) is 6.47. The van der Waals surface area contributed by atoms with Gasteiger partial charge in [0, 0.05) is 24.8 Å². The molecule has 1 atom stereocenters. The summed E-state index contributed by atoms with van der Waals surface area (Å²) in [7, 11) is 0. The largest absolute Gasteiger partial charge is 0.350 e. The summed E-state index contributed by atoms with van der Waals surface area (Å²) in [5.41, 5.74) is 5.08. The number of benzene rings is 4. The van der Waals surface area contributed by atoms with E-state index in [2.05, 4.69) is 20.9 Å². The first-order chi connectivity index (χ1) is 19.9. The Hall–Kier alpha value is -5.31. The van der Waals surface area contributed by atoms with Crippen molar-refractivity contribution < 1.29 is 14.4 Å². The summed E-state index contributed by atoms with van der Waals surface area (Å²) in [5, 5.41) is 14.1. The lowest BCUT2D eigenvalue weighted by atomic mass is 10.0. The molecule has 41 heavy (non-hydrogen) atoms. The van der Waals surface area contributed by atoms with Crippen molar-refractivity contribution in [2.75, 3.05) is 10.2 Å². The van der Waals surface area contributed by atoms with E-state index in [9.17, 15) is 14.4 Å². The van der Waals surface area contributed by atoms with Crippen molar-refractivity contribution >= 4 is 40.1 Å². The van der Waals surface area contributed by atoms with Crippen LogP contribution < -0.4 is 15.5 Å². The molecule has 9 heteroatoms. The van der Waals surface area contributed by atoms with Crippen LogP contribution in [0.4, 0.5) is 11.4 Å². The molecule has 0 saturated heterocycles. The van der Waals surface area contributed by atoms with Gasteiger partial charge in [-0.15, -0.1) is 5.10 Å². The molecule has 206 valence electrons. The van der Waals surface area contributed by atoms with Crippen molar-refractivity contribution in [1.82, 2.24) is 20.3 Å². The van der Waals surface area contributed by atoms with Gasteiger partial charge in [-0.3, -0.25) is 19.3 Å². The molecule has 5 rings (SSSR count). The van der Waals surface area contributed by atoms with Crippen LogP contribution in [0, 0.1) is 6.92 Å². The van der Waals surface area contributed by atoms with E-state index < -0.39 is 6.04 Å². The Bertz CT molecular complexity index is 1660. The number of carbonyl (C=O) groups is 3. The summed E-state index contributed by atoms with van der Waals surface area (Å²) in [6, 6.07) is 30.4. The lowest BCUT2D eigenvalue weighted by Crippen LogP contribution is -2.45. The van der Waals surface area contributed by atoms with E-state index in [0.717, 1.165) is 11.1 Å². The zero-order valence-electron chi connectivity index (χ0n) is 22.8. The predicted octanol–water partition coefficient (Wildman–Crippen LogP) is 4.79. The van der Waals surface area contributed by atoms with Crippen LogP contribution >= 0.6 is 0 Å². The Morgan fingerprint density at radius 2 is 1.54 bits per heavy atom. The normalized spacial score (nSPS) is 11.6. The fraction of sp³-hybridized carbons (Fsp3) is 0.156. The van der Waals surface area contributed by atoms with Gasteiger partial charge in [0.1, 0.15) is 18.1 Å². The number of nitrogens with one attached hydrogen (secondary N) is 2. The Kier molecular flexibility index (Phi) is 8.15. The average molecular weight is 547 g/mol. The van der Waals surface area contributed by atoms with Gasteiger partial charge < -0.3 is 10.6 Å². The summed E-state index contributed by atoms with van der Waals surface area (Å²) in [4.78, 5) is 41.2. The molecule has 0 aliphatic heterocycles. The molecule has 0 aliphatic carbocycles. The molecule has 5 aromatic rings. The Morgan fingerprint density at radius 3 is 2.24 bits per heavy atom. The summed E-state index contributed by atoms with van der Waals surface area (Å²) in [6.07, 6.45) is 0. The molecule has 0 unspecified atom stereocenters. The first-order valence-electron chi connectivity index (χ1n) is 13.3. The SMILES string of the molecule is CC(=O)Nc1ccc(N(C(=O)Cn2nnc3ccccc32)[C@@H](C(=O)NCc2ccccc2)c2ccc(C)cc2)cc1. The summed E-state index contributed by atoms with van der Waals surface area (Å²) < 4.78 is 1.53. The minimum absolute atomic E-state index is 0.137. The second kappa shape index (κ2) is 12.3. The Balaban J connectivity index is 1.55. The van der Waals surface area contributed by atoms with Crippen LogP contribution in [0.2, 0.25) is 0 Å². The fourth-order valence-corrected chi connectivity index (χ4v) is 4.63. The minimum Gasteiger partial charge on any atom is -0.350 e. The third-order valence-corrected chi connectivity index (χ3v) is 6.65. The highest BCUT2D eigenvalue weighted by Gasteiger charge is 2.33. The van der Waals surface area contributed by atoms with Crippen molar-refractivity contribution in [2.45, 2.75) is 33.0 Å². The van der Waals surface area contributed by atoms with E-state index in [-0.39, 0.29) is 24.3 Å². The molecule has 4 aromatic carbocycles. The molecule has 1 heterocycles. The van der Waals surface area contributed by atoms with E-state index in [0.29, 0.717) is 34.5 Å². The maximum Gasteiger partial charge on any atom is 0.249 e. The molecule has 0 saturated carbocycles. The van der Waals surface area contributed by atoms with Gasteiger partial charge in [0.2, 0.25) is 17.7 Å². The second-order valence-corrected chi connectivity index (χ2v) is 9.74. The highest BCUT2D eigenvalue weighted by molar-refractivity contribution is 6.02. The quantitative estimate of drug-likeness (QED) is 0.276. The second-order valence-electron chi connectivity index (χ2n) is 9.74. The zero-order valence-corrected chi connectivity index (χ0v) is 22.8. The molecule has 3 amide bonds. The predicted molar refractivity (Wildman–Crippen MR) is 158 cm³/mol. The molecular weight excluding hydrogens is 516 g/mol. The monoisotopic (exact) mass is 546 g/mol. The summed E-state index contributed by atoms with van der Waals surface area (Å²) >= 11 is 0. The Morgan fingerprint density at radius 1 is 0.854 bits per heavy atom. The molecule has 0 bridgehead atoms. The number of carbonyl (C=O) groups excluding carboxylic acids is 3. The summed E-state index contributed by atoms with van der Waals surface area (Å²) in [5.74, 6) is -0.893. The van der Waals surface area contributed by atoms with Gasteiger partial charge in [-0.2, -0.15) is 0 Å². The lowest BCUT2D eigenvalue weighted by Gasteiger charge is -2.32. The Labute approximate surface area is 237 Å². The smallest absolute Gasteiger partial charge is 0.249 e. The van der Waals surface area contributed by atoms with E-state index in [4.69, 9.17) is 0 Å². The number of hydrogen-bond acceptors (Lipinski definition) is 5. The lowest BCUT2D eigenvalue weighted by molar-refractivity contribution is -0.127. The topological polar surface area (TPSA) is 109 Å². The van der Waals surface area contributed by atoms with Gasteiger partial charge in [0.05, 0.1) is 5.52 Å². The molecule has 0 aliphatic rings. The van der Waals surface area contributed by atoms with Gasteiger partial charge in [0.25, 0.3) is 0 Å². The maximum atomic E-state index is 14.2. The zero-order chi connectivity index (χ0) is 28.8. The first kappa shape index (κ1) is 27.3. The van der Waals surface area contributed by atoms with Gasteiger partial charge in [-0.25, -0.2) is 4.68 Å². The third-order valence-electron chi connectivity index (χ3n) is 6.65. The van der Waals surface area contributed by atoms with Gasteiger partial charge in [0.15, 0.2) is 0 Å². The fourth-order valence-electron chi connectivity index (χ4n) is 4.63. The minimum atomic E-state index is -0.979. The number of anilines is 2. The average Bonchev–Trinajstić information content (AvgIpc) is 3.38. The number of rotatable bonds is 9. The van der Waals surface area contributed by atoms with Crippen molar-refractivity contribution in [3.63, 3.8) is 0 Å². The van der Waals surface area contributed by atoms with Gasteiger partial charge >= 0.3 is 0 Å². The number of aromatic nitrogens is 3. The van der Waals surface area contributed by atoms with Crippen LogP contribution in [0.1, 0.15) is 29.7 Å². The van der Waals surface area contributed by atoms with Crippen LogP contribution in [0.15, 0.2) is 103 Å². The van der Waals surface area contributed by atoms with E-state index in [1.165, 1.54) is 16.5 Å². The molecule has 0 spiro atoms. The highest BCUT2D eigenvalue weighted by atomic mass is 16.2. The first-order valence-corrected chi connectivity index (χ1v) is 13.3. The number of hydrogen-bond donors (Lipinski definition) is 2. The number of fused-ring (bicyclic) bond motifs is 1. The van der Waals surface area contributed by atoms with E-state index >= 15 is 0 Å². The summed E-state index contributed by atoms with van der Waals surface area (Å²) in [6.45, 7) is 3.56. The van der Waals surface area contributed by atoms with Crippen LogP contribution in [0.5, 0.6) is 0 Å². The van der Waals surface area contributed by atoms with Crippen LogP contribution in [0.25, 0.3) is 11.0 Å². The molecule has 1 aromatic heterocycles. The number of amides is 3. The number of aryl methyl sites for hydroxylation is 1. The van der Waals surface area contributed by atoms with Crippen LogP contribution in [-0.2, 0) is 27.5 Å². The van der Waals surface area contributed by atoms with Crippen molar-refractivity contribution in [3.8, 4) is 0 Å². The molecule has 0 radical (unpaired) electrons. The van der Waals surface area contributed by atoms with Gasteiger partial charge in [-0.1, -0.05) is 77.5 Å². The number of nitrogens with zero attached hydrogens (tertiary/aromatic N) is 4. The number of para-hydroxylation sites is 1. The molecule has 0 fully saturated rings. The van der Waals surface area contributed by atoms with Crippen molar-refractivity contribution in [2.24, 2.45) is 0 Å². The molecule has 2 N–H and O–H groups in total.